The summed E-state index contributed by atoms with van der Waals surface area (Å²) in [5.74, 6) is 1.94. The molecular weight excluding hydrogens is 431 g/mol. The lowest BCUT2D eigenvalue weighted by atomic mass is 10.2. The molecule has 1 atom stereocenters. The summed E-state index contributed by atoms with van der Waals surface area (Å²) < 4.78 is 5.34. The Hall–Kier alpha value is -0.730. The van der Waals surface area contributed by atoms with Crippen LogP contribution in [0.4, 0.5) is 4.79 Å². The average Bonchev–Trinajstić information content (AvgIpc) is 3.18. The van der Waals surface area contributed by atoms with E-state index in [0.717, 1.165) is 44.5 Å². The first kappa shape index (κ1) is 22.3. The van der Waals surface area contributed by atoms with Gasteiger partial charge < -0.3 is 20.3 Å². The summed E-state index contributed by atoms with van der Waals surface area (Å²) in [5.41, 5.74) is -0.458. The van der Waals surface area contributed by atoms with Crippen molar-refractivity contribution in [1.29, 1.82) is 0 Å². The van der Waals surface area contributed by atoms with E-state index in [-0.39, 0.29) is 36.1 Å². The number of carbonyl (C=O) groups is 1. The normalized spacial score (nSPS) is 20.9. The molecule has 0 bridgehead atoms. The number of alkyl carbamates (subject to hydrolysis) is 1. The topological polar surface area (TPSA) is 66.0 Å². The summed E-state index contributed by atoms with van der Waals surface area (Å²) in [6.45, 7) is 11.2. The molecule has 1 aliphatic heterocycles. The molecule has 0 aromatic heterocycles. The molecule has 0 aromatic rings. The standard InChI is InChI=1S/C18H34N4O2.HI/c1-5-19-16(20-11-6-7-14-8-9-14)22-12-10-15(13-22)21-17(23)24-18(2,3)4;/h14-15H,5-13H2,1-4H3,(H,19,20)(H,21,23);1H. The highest BCUT2D eigenvalue weighted by atomic mass is 127. The summed E-state index contributed by atoms with van der Waals surface area (Å²) in [7, 11) is 0. The third-order valence-corrected chi connectivity index (χ3v) is 4.27. The third-order valence-electron chi connectivity index (χ3n) is 4.27. The van der Waals surface area contributed by atoms with E-state index in [2.05, 4.69) is 22.5 Å². The Balaban J connectivity index is 0.00000312. The van der Waals surface area contributed by atoms with Gasteiger partial charge in [-0.05, 0) is 52.9 Å². The van der Waals surface area contributed by atoms with Crippen molar-refractivity contribution in [1.82, 2.24) is 15.5 Å². The number of rotatable bonds is 6. The van der Waals surface area contributed by atoms with Crippen molar-refractivity contribution in [2.45, 2.75) is 71.4 Å². The highest BCUT2D eigenvalue weighted by Crippen LogP contribution is 2.33. The van der Waals surface area contributed by atoms with Crippen molar-refractivity contribution in [2.75, 3.05) is 26.2 Å². The fourth-order valence-corrected chi connectivity index (χ4v) is 2.94. The first-order chi connectivity index (χ1) is 11.4. The Labute approximate surface area is 169 Å². The number of ether oxygens (including phenoxy) is 1. The number of hydrogen-bond donors (Lipinski definition) is 2. The van der Waals surface area contributed by atoms with Crippen LogP contribution in [0.15, 0.2) is 4.99 Å². The zero-order valence-corrected chi connectivity index (χ0v) is 18.5. The van der Waals surface area contributed by atoms with Gasteiger partial charge in [-0.25, -0.2) is 4.79 Å². The Bertz CT molecular complexity index is 447. The molecule has 146 valence electrons. The number of nitrogens with zero attached hydrogens (tertiary/aromatic N) is 2. The van der Waals surface area contributed by atoms with Gasteiger partial charge >= 0.3 is 6.09 Å². The maximum absolute atomic E-state index is 11.9. The number of halogens is 1. The number of guanidine groups is 1. The molecule has 1 unspecified atom stereocenters. The molecule has 7 heteroatoms. The molecule has 0 spiro atoms. The lowest BCUT2D eigenvalue weighted by Gasteiger charge is -2.23. The third kappa shape index (κ3) is 8.96. The molecule has 2 fully saturated rings. The van der Waals surface area contributed by atoms with Gasteiger partial charge in [0.1, 0.15) is 5.60 Å². The fourth-order valence-electron chi connectivity index (χ4n) is 2.94. The second-order valence-corrected chi connectivity index (χ2v) is 7.90. The molecule has 2 aliphatic rings. The molecule has 2 N–H and O–H groups in total. The highest BCUT2D eigenvalue weighted by Gasteiger charge is 2.28. The van der Waals surface area contributed by atoms with E-state index >= 15 is 0 Å². The predicted molar refractivity (Wildman–Crippen MR) is 113 cm³/mol. The number of carbonyl (C=O) groups excluding carboxylic acids is 1. The van der Waals surface area contributed by atoms with Gasteiger partial charge in [0.15, 0.2) is 5.96 Å². The average molecular weight is 466 g/mol. The van der Waals surface area contributed by atoms with E-state index in [0.29, 0.717) is 0 Å². The predicted octanol–water partition coefficient (Wildman–Crippen LogP) is 3.36. The summed E-state index contributed by atoms with van der Waals surface area (Å²) in [5, 5.41) is 6.34. The van der Waals surface area contributed by atoms with Crippen LogP contribution in [0.2, 0.25) is 0 Å². The Kier molecular flexibility index (Phi) is 9.30. The Morgan fingerprint density at radius 1 is 1.28 bits per heavy atom. The van der Waals surface area contributed by atoms with E-state index in [1.807, 2.05) is 20.8 Å². The van der Waals surface area contributed by atoms with Crippen LogP contribution >= 0.6 is 24.0 Å². The number of amides is 1. The molecule has 1 heterocycles. The molecular formula is C18H35IN4O2. The lowest BCUT2D eigenvalue weighted by Crippen LogP contribution is -2.44. The summed E-state index contributed by atoms with van der Waals surface area (Å²) in [6.07, 6.45) is 5.90. The molecule has 1 saturated heterocycles. The number of hydrogen-bond acceptors (Lipinski definition) is 3. The molecule has 25 heavy (non-hydrogen) atoms. The van der Waals surface area contributed by atoms with Crippen molar-refractivity contribution in [3.8, 4) is 0 Å². The lowest BCUT2D eigenvalue weighted by molar-refractivity contribution is 0.0507. The van der Waals surface area contributed by atoms with Crippen molar-refractivity contribution in [3.05, 3.63) is 0 Å². The summed E-state index contributed by atoms with van der Waals surface area (Å²) in [4.78, 5) is 18.9. The van der Waals surface area contributed by atoms with Crippen LogP contribution < -0.4 is 10.6 Å². The van der Waals surface area contributed by atoms with E-state index in [1.165, 1.54) is 25.7 Å². The molecule has 0 radical (unpaired) electrons. The van der Waals surface area contributed by atoms with Gasteiger partial charge in [-0.3, -0.25) is 4.99 Å². The van der Waals surface area contributed by atoms with Crippen molar-refractivity contribution in [2.24, 2.45) is 10.9 Å². The number of nitrogens with one attached hydrogen (secondary N) is 2. The smallest absolute Gasteiger partial charge is 0.407 e. The zero-order chi connectivity index (χ0) is 17.6. The summed E-state index contributed by atoms with van der Waals surface area (Å²) >= 11 is 0. The fraction of sp³-hybridized carbons (Fsp3) is 0.889. The zero-order valence-electron chi connectivity index (χ0n) is 16.1. The molecule has 6 nitrogen and oxygen atoms in total. The maximum Gasteiger partial charge on any atom is 0.407 e. The van der Waals surface area contributed by atoms with Crippen LogP contribution in [0.3, 0.4) is 0 Å². The largest absolute Gasteiger partial charge is 0.444 e. The maximum atomic E-state index is 11.9. The number of aliphatic imine (C=N–C) groups is 1. The molecule has 0 aromatic carbocycles. The van der Waals surface area contributed by atoms with Gasteiger partial charge in [0.25, 0.3) is 0 Å². The molecule has 1 amide bonds. The van der Waals surface area contributed by atoms with Gasteiger partial charge in [0, 0.05) is 26.2 Å². The molecule has 2 rings (SSSR count). The van der Waals surface area contributed by atoms with Gasteiger partial charge in [-0.1, -0.05) is 12.8 Å². The second-order valence-electron chi connectivity index (χ2n) is 7.90. The SMILES string of the molecule is CCNC(=NCCCC1CC1)N1CCC(NC(=O)OC(C)(C)C)C1.I. The monoisotopic (exact) mass is 466 g/mol. The Morgan fingerprint density at radius 2 is 2.00 bits per heavy atom. The van der Waals surface area contributed by atoms with E-state index in [1.54, 1.807) is 0 Å². The minimum absolute atomic E-state index is 0. The number of likely N-dealkylation sites (tertiary alicyclic amines) is 1. The van der Waals surface area contributed by atoms with Crippen LogP contribution in [-0.4, -0.2) is 54.8 Å². The van der Waals surface area contributed by atoms with Gasteiger partial charge in [-0.15, -0.1) is 24.0 Å². The van der Waals surface area contributed by atoms with Crippen LogP contribution in [0.25, 0.3) is 0 Å². The van der Waals surface area contributed by atoms with Gasteiger partial charge in [0.05, 0.1) is 6.04 Å². The molecule has 1 saturated carbocycles. The van der Waals surface area contributed by atoms with E-state index < -0.39 is 5.60 Å². The van der Waals surface area contributed by atoms with E-state index in [4.69, 9.17) is 9.73 Å². The van der Waals surface area contributed by atoms with Crippen LogP contribution in [-0.2, 0) is 4.74 Å². The first-order valence-electron chi connectivity index (χ1n) is 9.40. The minimum atomic E-state index is -0.458. The van der Waals surface area contributed by atoms with Gasteiger partial charge in [-0.2, -0.15) is 0 Å². The van der Waals surface area contributed by atoms with Crippen molar-refractivity contribution < 1.29 is 9.53 Å². The van der Waals surface area contributed by atoms with Crippen LogP contribution in [0.5, 0.6) is 0 Å². The van der Waals surface area contributed by atoms with Crippen LogP contribution in [0, 0.1) is 5.92 Å². The Morgan fingerprint density at radius 3 is 2.60 bits per heavy atom. The van der Waals surface area contributed by atoms with Crippen molar-refractivity contribution in [3.63, 3.8) is 0 Å². The molecule has 1 aliphatic carbocycles. The first-order valence-corrected chi connectivity index (χ1v) is 9.40. The summed E-state index contributed by atoms with van der Waals surface area (Å²) in [6, 6.07) is 0.121. The van der Waals surface area contributed by atoms with E-state index in [9.17, 15) is 4.79 Å². The van der Waals surface area contributed by atoms with Crippen molar-refractivity contribution >= 4 is 36.0 Å². The van der Waals surface area contributed by atoms with Gasteiger partial charge in [0.2, 0.25) is 0 Å². The quantitative estimate of drug-likeness (QED) is 0.273. The van der Waals surface area contributed by atoms with Crippen LogP contribution in [0.1, 0.15) is 59.8 Å². The second kappa shape index (κ2) is 10.4. The highest BCUT2D eigenvalue weighted by molar-refractivity contribution is 14.0. The minimum Gasteiger partial charge on any atom is -0.444 e.